The Morgan fingerprint density at radius 2 is 1.59 bits per heavy atom. The Bertz CT molecular complexity index is 985. The Hall–Kier alpha value is -3.40. The molecule has 0 aliphatic rings. The van der Waals surface area contributed by atoms with Crippen molar-refractivity contribution in [2.24, 2.45) is 4.99 Å². The molecule has 0 bridgehead atoms. The van der Waals surface area contributed by atoms with Gasteiger partial charge in [-0.05, 0) is 29.2 Å². The minimum Gasteiger partial charge on any atom is -0.506 e. The lowest BCUT2D eigenvalue weighted by molar-refractivity contribution is -0.132. The molecule has 27 heavy (non-hydrogen) atoms. The quantitative estimate of drug-likeness (QED) is 0.273. The number of aliphatic imine (C=N–C) groups is 1. The van der Waals surface area contributed by atoms with Crippen LogP contribution in [0.3, 0.4) is 0 Å². The van der Waals surface area contributed by atoms with E-state index in [2.05, 4.69) is 17.1 Å². The monoisotopic (exact) mass is 359 g/mol. The smallest absolute Gasteiger partial charge is 0.341 e. The number of aryl methyl sites for hydroxylation is 1. The van der Waals surface area contributed by atoms with Crippen molar-refractivity contribution in [3.8, 4) is 0 Å². The van der Waals surface area contributed by atoms with E-state index >= 15 is 0 Å². The number of hydrogen-bond acceptors (Lipinski definition) is 3. The van der Waals surface area contributed by atoms with E-state index < -0.39 is 5.97 Å². The van der Waals surface area contributed by atoms with Crippen LogP contribution in [0.1, 0.15) is 17.5 Å². The summed E-state index contributed by atoms with van der Waals surface area (Å²) in [7, 11) is 0. The molecule has 0 amide bonds. The van der Waals surface area contributed by atoms with Crippen molar-refractivity contribution in [1.82, 2.24) is 0 Å². The SMILES string of the molecule is O=C(O)C(C=NCCCc1ccccc1)=C(O)c1cccc2ccccc12. The minimum absolute atomic E-state index is 0.203. The number of benzene rings is 3. The summed E-state index contributed by atoms with van der Waals surface area (Å²) in [5, 5.41) is 21.8. The van der Waals surface area contributed by atoms with E-state index in [9.17, 15) is 15.0 Å². The molecule has 0 spiro atoms. The number of aliphatic hydroxyl groups excluding tert-OH is 1. The zero-order chi connectivity index (χ0) is 19.1. The van der Waals surface area contributed by atoms with Gasteiger partial charge in [-0.15, -0.1) is 0 Å². The van der Waals surface area contributed by atoms with Gasteiger partial charge in [0.2, 0.25) is 0 Å². The molecule has 0 radical (unpaired) electrons. The summed E-state index contributed by atoms with van der Waals surface area (Å²) in [6, 6.07) is 23.0. The number of carbonyl (C=O) groups is 1. The van der Waals surface area contributed by atoms with Crippen LogP contribution in [0.25, 0.3) is 16.5 Å². The second kappa shape index (κ2) is 8.81. The molecule has 4 nitrogen and oxygen atoms in total. The maximum absolute atomic E-state index is 11.6. The zero-order valence-electron chi connectivity index (χ0n) is 14.9. The van der Waals surface area contributed by atoms with Gasteiger partial charge in [0.25, 0.3) is 0 Å². The van der Waals surface area contributed by atoms with Crippen molar-refractivity contribution >= 4 is 28.7 Å². The topological polar surface area (TPSA) is 69.9 Å². The van der Waals surface area contributed by atoms with Gasteiger partial charge in [-0.25, -0.2) is 4.79 Å². The van der Waals surface area contributed by atoms with Gasteiger partial charge in [0.15, 0.2) is 0 Å². The third-order valence-electron chi connectivity index (χ3n) is 4.35. The van der Waals surface area contributed by atoms with E-state index in [4.69, 9.17) is 0 Å². The molecule has 136 valence electrons. The summed E-state index contributed by atoms with van der Waals surface area (Å²) in [5.41, 5.74) is 1.51. The first-order valence-electron chi connectivity index (χ1n) is 8.85. The molecule has 0 heterocycles. The highest BCUT2D eigenvalue weighted by Crippen LogP contribution is 2.25. The van der Waals surface area contributed by atoms with Gasteiger partial charge in [0.05, 0.1) is 0 Å². The average molecular weight is 359 g/mol. The van der Waals surface area contributed by atoms with Crippen molar-refractivity contribution in [2.75, 3.05) is 6.54 Å². The Morgan fingerprint density at radius 1 is 0.889 bits per heavy atom. The lowest BCUT2D eigenvalue weighted by Gasteiger charge is -2.07. The lowest BCUT2D eigenvalue weighted by Crippen LogP contribution is -2.06. The van der Waals surface area contributed by atoms with Gasteiger partial charge in [0, 0.05) is 18.3 Å². The van der Waals surface area contributed by atoms with Crippen molar-refractivity contribution in [3.63, 3.8) is 0 Å². The van der Waals surface area contributed by atoms with E-state index in [1.807, 2.05) is 48.5 Å². The molecular formula is C23H21NO3. The molecule has 2 N–H and O–H groups in total. The Kier molecular flexibility index (Phi) is 6.00. The Balaban J connectivity index is 1.78. The molecule has 3 aromatic rings. The van der Waals surface area contributed by atoms with Gasteiger partial charge in [-0.1, -0.05) is 72.8 Å². The molecule has 0 saturated heterocycles. The maximum Gasteiger partial charge on any atom is 0.341 e. The highest BCUT2D eigenvalue weighted by atomic mass is 16.4. The number of nitrogens with zero attached hydrogens (tertiary/aromatic N) is 1. The fourth-order valence-corrected chi connectivity index (χ4v) is 2.97. The van der Waals surface area contributed by atoms with E-state index in [0.29, 0.717) is 12.1 Å². The highest BCUT2D eigenvalue weighted by molar-refractivity contribution is 6.15. The maximum atomic E-state index is 11.6. The summed E-state index contributed by atoms with van der Waals surface area (Å²) in [6.45, 7) is 0.495. The number of aliphatic carboxylic acids is 1. The third kappa shape index (κ3) is 4.61. The van der Waals surface area contributed by atoms with Gasteiger partial charge in [-0.2, -0.15) is 0 Å². The molecule has 0 fully saturated rings. The number of carboxylic acids is 1. The van der Waals surface area contributed by atoms with Crippen LogP contribution in [0, 0.1) is 0 Å². The first kappa shape index (κ1) is 18.4. The van der Waals surface area contributed by atoms with Crippen LogP contribution in [-0.4, -0.2) is 28.9 Å². The van der Waals surface area contributed by atoms with Crippen molar-refractivity contribution < 1.29 is 15.0 Å². The van der Waals surface area contributed by atoms with E-state index in [1.165, 1.54) is 11.8 Å². The van der Waals surface area contributed by atoms with Gasteiger partial charge in [0.1, 0.15) is 11.3 Å². The first-order valence-corrected chi connectivity index (χ1v) is 8.85. The summed E-state index contributed by atoms with van der Waals surface area (Å²) >= 11 is 0. The van der Waals surface area contributed by atoms with Gasteiger partial charge >= 0.3 is 5.97 Å². The molecular weight excluding hydrogens is 338 g/mol. The predicted octanol–water partition coefficient (Wildman–Crippen LogP) is 4.90. The van der Waals surface area contributed by atoms with Crippen LogP contribution >= 0.6 is 0 Å². The molecule has 0 aliphatic heterocycles. The summed E-state index contributed by atoms with van der Waals surface area (Å²) in [6.07, 6.45) is 2.94. The van der Waals surface area contributed by atoms with E-state index in [-0.39, 0.29) is 11.3 Å². The fourth-order valence-electron chi connectivity index (χ4n) is 2.97. The summed E-state index contributed by atoms with van der Waals surface area (Å²) in [4.78, 5) is 15.8. The number of carboxylic acid groups (broad SMARTS) is 1. The van der Waals surface area contributed by atoms with Gasteiger partial charge < -0.3 is 10.2 Å². The number of fused-ring (bicyclic) bond motifs is 1. The van der Waals surface area contributed by atoms with Crippen LogP contribution in [0.5, 0.6) is 0 Å². The largest absolute Gasteiger partial charge is 0.506 e. The Labute approximate surface area is 158 Å². The first-order chi connectivity index (χ1) is 13.2. The minimum atomic E-state index is -1.20. The molecule has 3 rings (SSSR count). The van der Waals surface area contributed by atoms with Gasteiger partial charge in [-0.3, -0.25) is 4.99 Å². The molecule has 4 heteroatoms. The van der Waals surface area contributed by atoms with Crippen LogP contribution in [-0.2, 0) is 11.2 Å². The lowest BCUT2D eigenvalue weighted by atomic mass is 10.0. The summed E-state index contributed by atoms with van der Waals surface area (Å²) in [5.74, 6) is -1.47. The molecule has 0 saturated carbocycles. The van der Waals surface area contributed by atoms with Crippen molar-refractivity contribution in [3.05, 3.63) is 89.5 Å². The normalized spacial score (nSPS) is 12.3. The number of aliphatic hydroxyl groups is 1. The van der Waals surface area contributed by atoms with E-state index in [0.717, 1.165) is 23.6 Å². The molecule has 0 atom stereocenters. The number of hydrogen-bond donors (Lipinski definition) is 2. The van der Waals surface area contributed by atoms with Crippen LogP contribution < -0.4 is 0 Å². The molecule has 0 unspecified atom stereocenters. The van der Waals surface area contributed by atoms with E-state index in [1.54, 1.807) is 12.1 Å². The summed E-state index contributed by atoms with van der Waals surface area (Å²) < 4.78 is 0. The van der Waals surface area contributed by atoms with Crippen molar-refractivity contribution in [2.45, 2.75) is 12.8 Å². The molecule has 0 aromatic heterocycles. The third-order valence-corrected chi connectivity index (χ3v) is 4.35. The number of rotatable bonds is 7. The molecule has 3 aromatic carbocycles. The standard InChI is InChI=1S/C23H21NO3/c25-22(20-14-6-12-18-11-4-5-13-19(18)20)21(23(26)27)16-24-15-7-10-17-8-2-1-3-9-17/h1-6,8-9,11-14,16,25H,7,10,15H2,(H,26,27). The van der Waals surface area contributed by atoms with Crippen LogP contribution in [0.15, 0.2) is 83.4 Å². The van der Waals surface area contributed by atoms with Crippen LogP contribution in [0.4, 0.5) is 0 Å². The van der Waals surface area contributed by atoms with Crippen LogP contribution in [0.2, 0.25) is 0 Å². The Morgan fingerprint density at radius 3 is 2.37 bits per heavy atom. The predicted molar refractivity (Wildman–Crippen MR) is 109 cm³/mol. The fraction of sp³-hybridized carbons (Fsp3) is 0.130. The highest BCUT2D eigenvalue weighted by Gasteiger charge is 2.15. The average Bonchev–Trinajstić information content (AvgIpc) is 2.70. The van der Waals surface area contributed by atoms with Crippen molar-refractivity contribution in [1.29, 1.82) is 0 Å². The molecule has 0 aliphatic carbocycles. The second-order valence-electron chi connectivity index (χ2n) is 6.22. The zero-order valence-corrected chi connectivity index (χ0v) is 14.9. The second-order valence-corrected chi connectivity index (χ2v) is 6.22.